The van der Waals surface area contributed by atoms with E-state index >= 15 is 0 Å². The number of rotatable bonds is 3. The van der Waals surface area contributed by atoms with Gasteiger partial charge in [0.15, 0.2) is 6.23 Å². The number of ether oxygens (including phenoxy) is 2. The molecule has 1 saturated heterocycles. The highest BCUT2D eigenvalue weighted by atomic mass is 16.6. The molecule has 3 aromatic heterocycles. The molecule has 2 aliphatic heterocycles. The molecule has 0 spiro atoms. The van der Waals surface area contributed by atoms with E-state index in [2.05, 4.69) is 21.4 Å². The van der Waals surface area contributed by atoms with Gasteiger partial charge in [0.25, 0.3) is 0 Å². The Morgan fingerprint density at radius 1 is 1.24 bits per heavy atom. The smallest absolute Gasteiger partial charge is 0.164 e. The highest BCUT2D eigenvalue weighted by molar-refractivity contribution is 5.86. The quantitative estimate of drug-likeness (QED) is 0.360. The third-order valence-corrected chi connectivity index (χ3v) is 7.38. The van der Waals surface area contributed by atoms with Crippen LogP contribution in [-0.4, -0.2) is 60.2 Å². The van der Waals surface area contributed by atoms with Crippen molar-refractivity contribution in [2.75, 3.05) is 17.6 Å². The predicted octanol–water partition coefficient (Wildman–Crippen LogP) is 1.76. The lowest BCUT2D eigenvalue weighted by atomic mass is 9.94. The van der Waals surface area contributed by atoms with Crippen LogP contribution < -0.4 is 15.8 Å². The third kappa shape index (κ3) is 2.76. The van der Waals surface area contributed by atoms with Gasteiger partial charge in [-0.25, -0.2) is 15.0 Å². The summed E-state index contributed by atoms with van der Waals surface area (Å²) in [6.45, 7) is 0.903. The predicted molar refractivity (Wildman–Crippen MR) is 124 cm³/mol. The molecule has 7 rings (SSSR count). The van der Waals surface area contributed by atoms with Crippen molar-refractivity contribution in [3.63, 3.8) is 0 Å². The van der Waals surface area contributed by atoms with Crippen LogP contribution in [0.2, 0.25) is 0 Å². The summed E-state index contributed by atoms with van der Waals surface area (Å²) in [4.78, 5) is 13.0. The Hall–Kier alpha value is -3.47. The molecule has 5 atom stereocenters. The summed E-state index contributed by atoms with van der Waals surface area (Å²) in [6.07, 6.45) is 1.93. The van der Waals surface area contributed by atoms with Gasteiger partial charge in [-0.3, -0.25) is 0 Å². The minimum absolute atomic E-state index is 0.349. The van der Waals surface area contributed by atoms with E-state index < -0.39 is 30.1 Å². The number of aliphatic hydroxyl groups excluding tert-OH is 1. The number of nitrogens with zero attached hydrogens (tertiary/aromatic N) is 4. The van der Waals surface area contributed by atoms with E-state index in [9.17, 15) is 10.2 Å². The van der Waals surface area contributed by atoms with Crippen LogP contribution in [0.5, 0.6) is 5.75 Å². The van der Waals surface area contributed by atoms with E-state index in [1.54, 1.807) is 16.8 Å². The minimum atomic E-state index is -1.43. The zero-order valence-electron chi connectivity index (χ0n) is 18.3. The number of benzene rings is 1. The van der Waals surface area contributed by atoms with Crippen LogP contribution in [0.25, 0.3) is 21.9 Å². The third-order valence-electron chi connectivity index (χ3n) is 7.38. The minimum Gasteiger partial charge on any atom is -0.488 e. The van der Waals surface area contributed by atoms with Gasteiger partial charge in [0.1, 0.15) is 53.3 Å². The highest BCUT2D eigenvalue weighted by Gasteiger charge is 2.62. The summed E-state index contributed by atoms with van der Waals surface area (Å²) in [5.74, 6) is 1.93. The number of anilines is 2. The molecule has 0 bridgehead atoms. The van der Waals surface area contributed by atoms with Crippen LogP contribution in [0.1, 0.15) is 24.6 Å². The Kier molecular flexibility index (Phi) is 4.12. The molecule has 34 heavy (non-hydrogen) atoms. The lowest BCUT2D eigenvalue weighted by Gasteiger charge is -2.26. The molecule has 2 fully saturated rings. The van der Waals surface area contributed by atoms with Crippen molar-refractivity contribution in [3.05, 3.63) is 48.4 Å². The van der Waals surface area contributed by atoms with E-state index in [4.69, 9.17) is 20.2 Å². The van der Waals surface area contributed by atoms with E-state index in [0.717, 1.165) is 29.7 Å². The number of hydrogen-bond donors (Lipinski definition) is 4. The van der Waals surface area contributed by atoms with E-state index in [1.165, 1.54) is 11.9 Å². The van der Waals surface area contributed by atoms with E-state index in [-0.39, 0.29) is 0 Å². The molecule has 5 heterocycles. The van der Waals surface area contributed by atoms with Crippen molar-refractivity contribution in [2.45, 2.75) is 49.4 Å². The van der Waals surface area contributed by atoms with Crippen LogP contribution in [0, 0.1) is 0 Å². The molecule has 5 N–H and O–H groups in total. The molecular weight excluding hydrogens is 436 g/mol. The van der Waals surface area contributed by atoms with Crippen LogP contribution in [-0.2, 0) is 11.2 Å². The number of fused-ring (bicyclic) bond motifs is 4. The number of aromatic nitrogens is 4. The number of nitrogens with one attached hydrogen (secondary N) is 1. The van der Waals surface area contributed by atoms with Crippen molar-refractivity contribution >= 4 is 33.6 Å². The van der Waals surface area contributed by atoms with E-state index in [1.807, 2.05) is 18.2 Å². The van der Waals surface area contributed by atoms with Gasteiger partial charge in [0.05, 0.1) is 10.9 Å². The molecule has 4 aromatic rings. The van der Waals surface area contributed by atoms with Crippen LogP contribution in [0.3, 0.4) is 0 Å². The van der Waals surface area contributed by atoms with Gasteiger partial charge in [-0.15, -0.1) is 0 Å². The Bertz CT molecular complexity index is 1440. The fourth-order valence-corrected chi connectivity index (χ4v) is 5.61. The first-order valence-electron chi connectivity index (χ1n) is 11.5. The van der Waals surface area contributed by atoms with Gasteiger partial charge in [0.2, 0.25) is 0 Å². The second kappa shape index (κ2) is 7.02. The first-order valence-corrected chi connectivity index (χ1v) is 11.5. The number of aliphatic hydroxyl groups is 2. The summed E-state index contributed by atoms with van der Waals surface area (Å²) in [5.41, 5.74) is 7.14. The molecule has 0 unspecified atom stereocenters. The summed E-state index contributed by atoms with van der Waals surface area (Å²) in [5, 5.41) is 27.5. The Morgan fingerprint density at radius 3 is 3.06 bits per heavy atom. The molecule has 10 nitrogen and oxygen atoms in total. The van der Waals surface area contributed by atoms with Crippen molar-refractivity contribution in [1.29, 1.82) is 0 Å². The van der Waals surface area contributed by atoms with Gasteiger partial charge in [-0.2, -0.15) is 0 Å². The lowest BCUT2D eigenvalue weighted by Crippen LogP contribution is -2.47. The first-order chi connectivity index (χ1) is 16.5. The fraction of sp³-hybridized carbons (Fsp3) is 0.375. The Labute approximate surface area is 194 Å². The average Bonchev–Trinajstić information content (AvgIpc) is 3.58. The van der Waals surface area contributed by atoms with Gasteiger partial charge >= 0.3 is 0 Å². The first kappa shape index (κ1) is 20.0. The number of nitrogens with two attached hydrogens (primary N) is 1. The zero-order chi connectivity index (χ0) is 23.0. The molecule has 3 aliphatic rings. The van der Waals surface area contributed by atoms with Gasteiger partial charge in [-0.1, -0.05) is 0 Å². The van der Waals surface area contributed by atoms with Gasteiger partial charge in [-0.05, 0) is 49.1 Å². The maximum Gasteiger partial charge on any atom is 0.164 e. The second-order valence-electron chi connectivity index (χ2n) is 9.32. The fourth-order valence-electron chi connectivity index (χ4n) is 5.61. The Morgan fingerprint density at radius 2 is 2.15 bits per heavy atom. The average molecular weight is 460 g/mol. The monoisotopic (exact) mass is 460 g/mol. The van der Waals surface area contributed by atoms with Crippen molar-refractivity contribution in [3.8, 4) is 5.75 Å². The molecule has 1 saturated carbocycles. The number of nitrogen functional groups attached to an aromatic ring is 1. The standard InChI is InChI=1S/C24H24N6O4/c25-20-15-5-8-30(22(15)28-11-27-20)23-18(31)24(32)6-3-17(19(24)34-23)33-14-2-1-12-9-13-4-7-26-21(13)29-16(12)10-14/h1-2,5,8-11,17-19,23,31-32H,3-4,6-7H2,(H,26,29)(H2,25,27,28)/t17-,18-,19+,23+,24-/m0/s1. The number of pyridine rings is 1. The van der Waals surface area contributed by atoms with Crippen LogP contribution in [0.4, 0.5) is 11.6 Å². The molecular formula is C24H24N6O4. The van der Waals surface area contributed by atoms with Crippen molar-refractivity contribution in [2.24, 2.45) is 0 Å². The summed E-state index contributed by atoms with van der Waals surface area (Å²) in [7, 11) is 0. The molecule has 0 radical (unpaired) electrons. The number of hydrogen-bond acceptors (Lipinski definition) is 9. The molecule has 10 heteroatoms. The van der Waals surface area contributed by atoms with E-state index in [0.29, 0.717) is 35.4 Å². The van der Waals surface area contributed by atoms with Crippen LogP contribution >= 0.6 is 0 Å². The van der Waals surface area contributed by atoms with Gasteiger partial charge < -0.3 is 35.3 Å². The summed E-state index contributed by atoms with van der Waals surface area (Å²) >= 11 is 0. The van der Waals surface area contributed by atoms with Gasteiger partial charge in [0, 0.05) is 24.2 Å². The lowest BCUT2D eigenvalue weighted by molar-refractivity contribution is -0.0791. The summed E-state index contributed by atoms with van der Waals surface area (Å²) < 4.78 is 14.2. The molecule has 1 aliphatic carbocycles. The van der Waals surface area contributed by atoms with Crippen molar-refractivity contribution < 1.29 is 19.7 Å². The normalized spacial score (nSPS) is 29.9. The maximum absolute atomic E-state index is 11.4. The SMILES string of the molecule is Nc1ncnc2c1ccn2[C@@H]1O[C@@H]2[C@@H](Oc3ccc4cc5c(nc4c3)NCC5)CC[C@]2(O)[C@H]1O. The second-order valence-corrected chi connectivity index (χ2v) is 9.32. The summed E-state index contributed by atoms with van der Waals surface area (Å²) in [6, 6.07) is 9.77. The molecule has 0 amide bonds. The van der Waals surface area contributed by atoms with Crippen molar-refractivity contribution in [1.82, 2.24) is 19.5 Å². The maximum atomic E-state index is 11.4. The molecule has 174 valence electrons. The topological polar surface area (TPSA) is 141 Å². The largest absolute Gasteiger partial charge is 0.488 e. The van der Waals surface area contributed by atoms with Crippen LogP contribution in [0.15, 0.2) is 42.9 Å². The Balaban J connectivity index is 1.18. The molecule has 1 aromatic carbocycles. The zero-order valence-corrected chi connectivity index (χ0v) is 18.3. The highest BCUT2D eigenvalue weighted by Crippen LogP contribution is 2.48.